The summed E-state index contributed by atoms with van der Waals surface area (Å²) in [5.41, 5.74) is 1.06. The van der Waals surface area contributed by atoms with Crippen LogP contribution in [-0.2, 0) is 16.1 Å². The van der Waals surface area contributed by atoms with Gasteiger partial charge < -0.3 is 10.2 Å². The van der Waals surface area contributed by atoms with E-state index >= 15 is 0 Å². The molecule has 1 aliphatic heterocycles. The van der Waals surface area contributed by atoms with Crippen molar-refractivity contribution in [2.45, 2.75) is 58.7 Å². The highest BCUT2D eigenvalue weighted by Crippen LogP contribution is 2.21. The molecule has 1 saturated heterocycles. The van der Waals surface area contributed by atoms with Gasteiger partial charge in [-0.3, -0.25) is 9.59 Å². The zero-order chi connectivity index (χ0) is 16.1. The Morgan fingerprint density at radius 1 is 1.18 bits per heavy atom. The zero-order valence-corrected chi connectivity index (χ0v) is 13.7. The quantitative estimate of drug-likeness (QED) is 0.878. The number of hydrogen-bond donors (Lipinski definition) is 1. The highest BCUT2D eigenvalue weighted by molar-refractivity contribution is 5.96. The largest absolute Gasteiger partial charge is 0.342 e. The number of carbonyl (C=O) groups excluding carboxylic acids is 2. The molecule has 1 aromatic carbocycles. The lowest BCUT2D eigenvalue weighted by Gasteiger charge is -2.39. The summed E-state index contributed by atoms with van der Waals surface area (Å²) >= 11 is 0. The molecule has 2 atom stereocenters. The third kappa shape index (κ3) is 3.87. The second-order valence-electron chi connectivity index (χ2n) is 6.45. The maximum atomic E-state index is 12.8. The van der Waals surface area contributed by atoms with Gasteiger partial charge in [0.05, 0.1) is 0 Å². The summed E-state index contributed by atoms with van der Waals surface area (Å²) in [6.07, 6.45) is 2.28. The minimum atomic E-state index is -0.385. The van der Waals surface area contributed by atoms with Crippen LogP contribution in [0.5, 0.6) is 0 Å². The normalized spacial score (nSPS) is 22.1. The summed E-state index contributed by atoms with van der Waals surface area (Å²) < 4.78 is 0. The second kappa shape index (κ2) is 7.43. The molecule has 1 heterocycles. The first-order chi connectivity index (χ1) is 10.5. The predicted octanol–water partition coefficient (Wildman–Crippen LogP) is 2.73. The summed E-state index contributed by atoms with van der Waals surface area (Å²) in [7, 11) is 0. The van der Waals surface area contributed by atoms with Crippen LogP contribution < -0.4 is 5.32 Å². The van der Waals surface area contributed by atoms with E-state index in [0.717, 1.165) is 12.0 Å². The Bertz CT molecular complexity index is 513. The van der Waals surface area contributed by atoms with Crippen LogP contribution >= 0.6 is 0 Å². The lowest BCUT2D eigenvalue weighted by atomic mass is 9.96. The van der Waals surface area contributed by atoms with Gasteiger partial charge in [-0.15, -0.1) is 0 Å². The van der Waals surface area contributed by atoms with E-state index in [-0.39, 0.29) is 23.9 Å². The lowest BCUT2D eigenvalue weighted by molar-refractivity contribution is -0.150. The molecule has 0 aliphatic carbocycles. The minimum absolute atomic E-state index is 0.0111. The predicted molar refractivity (Wildman–Crippen MR) is 87.1 cm³/mol. The number of nitrogens with one attached hydrogen (secondary N) is 1. The number of carbonyl (C=O) groups is 2. The van der Waals surface area contributed by atoms with Gasteiger partial charge in [0.15, 0.2) is 0 Å². The first-order valence-corrected chi connectivity index (χ1v) is 8.17. The maximum Gasteiger partial charge on any atom is 0.246 e. The topological polar surface area (TPSA) is 49.4 Å². The third-order valence-electron chi connectivity index (χ3n) is 4.04. The Balaban J connectivity index is 2.21. The average Bonchev–Trinajstić information content (AvgIpc) is 2.48. The summed E-state index contributed by atoms with van der Waals surface area (Å²) in [5.74, 6) is 0.411. The molecule has 0 saturated carbocycles. The molecular weight excluding hydrogens is 276 g/mol. The number of rotatable bonds is 6. The van der Waals surface area contributed by atoms with Gasteiger partial charge in [0.25, 0.3) is 0 Å². The number of hydrogen-bond acceptors (Lipinski definition) is 2. The molecule has 120 valence electrons. The van der Waals surface area contributed by atoms with Gasteiger partial charge in [-0.1, -0.05) is 57.5 Å². The van der Waals surface area contributed by atoms with Crippen molar-refractivity contribution in [2.24, 2.45) is 5.92 Å². The van der Waals surface area contributed by atoms with Gasteiger partial charge in [0, 0.05) is 6.54 Å². The Labute approximate surface area is 132 Å². The average molecular weight is 302 g/mol. The summed E-state index contributed by atoms with van der Waals surface area (Å²) in [6, 6.07) is 9.15. The van der Waals surface area contributed by atoms with Crippen molar-refractivity contribution in [3.8, 4) is 0 Å². The molecule has 0 bridgehead atoms. The van der Waals surface area contributed by atoms with Gasteiger partial charge >= 0.3 is 0 Å². The Hall–Kier alpha value is -1.84. The summed E-state index contributed by atoms with van der Waals surface area (Å²) in [5, 5.41) is 2.92. The summed E-state index contributed by atoms with van der Waals surface area (Å²) in [4.78, 5) is 27.0. The first-order valence-electron chi connectivity index (χ1n) is 8.17. The molecular formula is C18H26N2O2. The number of piperazine rings is 1. The fraction of sp³-hybridized carbons (Fsp3) is 0.556. The van der Waals surface area contributed by atoms with Crippen molar-refractivity contribution in [3.63, 3.8) is 0 Å². The Morgan fingerprint density at radius 2 is 1.86 bits per heavy atom. The van der Waals surface area contributed by atoms with E-state index in [4.69, 9.17) is 0 Å². The molecule has 1 fully saturated rings. The highest BCUT2D eigenvalue weighted by Gasteiger charge is 2.39. The minimum Gasteiger partial charge on any atom is -0.342 e. The van der Waals surface area contributed by atoms with Crippen LogP contribution in [0.15, 0.2) is 30.3 Å². The SMILES string of the molecule is CCCC1C(=O)NC(CC(C)C)C(=O)N1Cc1ccccc1. The van der Waals surface area contributed by atoms with E-state index < -0.39 is 0 Å². The van der Waals surface area contributed by atoms with E-state index in [9.17, 15) is 9.59 Å². The monoisotopic (exact) mass is 302 g/mol. The fourth-order valence-corrected chi connectivity index (χ4v) is 2.98. The van der Waals surface area contributed by atoms with Crippen molar-refractivity contribution in [2.75, 3.05) is 0 Å². The van der Waals surface area contributed by atoms with E-state index in [1.807, 2.05) is 37.3 Å². The van der Waals surface area contributed by atoms with Gasteiger partial charge in [-0.25, -0.2) is 0 Å². The van der Waals surface area contributed by atoms with E-state index in [1.165, 1.54) is 0 Å². The third-order valence-corrected chi connectivity index (χ3v) is 4.04. The van der Waals surface area contributed by atoms with Gasteiger partial charge in [0.2, 0.25) is 11.8 Å². The number of nitrogens with zero attached hydrogens (tertiary/aromatic N) is 1. The fourth-order valence-electron chi connectivity index (χ4n) is 2.98. The standard InChI is InChI=1S/C18H26N2O2/c1-4-8-16-17(21)19-15(11-13(2)3)18(22)20(16)12-14-9-6-5-7-10-14/h5-7,9-10,13,15-16H,4,8,11-12H2,1-3H3,(H,19,21). The van der Waals surface area contributed by atoms with Crippen molar-refractivity contribution in [1.29, 1.82) is 0 Å². The van der Waals surface area contributed by atoms with Gasteiger partial charge in [0.1, 0.15) is 12.1 Å². The van der Waals surface area contributed by atoms with Crippen LogP contribution in [0.25, 0.3) is 0 Å². The van der Waals surface area contributed by atoms with Crippen molar-refractivity contribution >= 4 is 11.8 Å². The molecule has 2 amide bonds. The molecule has 2 unspecified atom stereocenters. The molecule has 4 heteroatoms. The molecule has 1 aromatic rings. The maximum absolute atomic E-state index is 12.8. The van der Waals surface area contributed by atoms with E-state index in [2.05, 4.69) is 19.2 Å². The van der Waals surface area contributed by atoms with Gasteiger partial charge in [-0.05, 0) is 24.3 Å². The summed E-state index contributed by atoms with van der Waals surface area (Å²) in [6.45, 7) is 6.68. The highest BCUT2D eigenvalue weighted by atomic mass is 16.2. The Kier molecular flexibility index (Phi) is 5.58. The molecule has 0 radical (unpaired) electrons. The molecule has 2 rings (SSSR count). The van der Waals surface area contributed by atoms with E-state index in [1.54, 1.807) is 4.90 Å². The number of benzene rings is 1. The number of amides is 2. The molecule has 22 heavy (non-hydrogen) atoms. The van der Waals surface area contributed by atoms with Gasteiger partial charge in [-0.2, -0.15) is 0 Å². The molecule has 0 aromatic heterocycles. The van der Waals surface area contributed by atoms with E-state index in [0.29, 0.717) is 25.3 Å². The van der Waals surface area contributed by atoms with Crippen LogP contribution in [0, 0.1) is 5.92 Å². The molecule has 0 spiro atoms. The zero-order valence-electron chi connectivity index (χ0n) is 13.7. The van der Waals surface area contributed by atoms with Crippen molar-refractivity contribution in [1.82, 2.24) is 10.2 Å². The van der Waals surface area contributed by atoms with Crippen LogP contribution in [0.1, 0.15) is 45.6 Å². The van der Waals surface area contributed by atoms with Crippen molar-refractivity contribution in [3.05, 3.63) is 35.9 Å². The van der Waals surface area contributed by atoms with Crippen LogP contribution in [0.3, 0.4) is 0 Å². The van der Waals surface area contributed by atoms with Crippen LogP contribution in [0.4, 0.5) is 0 Å². The molecule has 4 nitrogen and oxygen atoms in total. The first kappa shape index (κ1) is 16.5. The smallest absolute Gasteiger partial charge is 0.246 e. The van der Waals surface area contributed by atoms with Crippen molar-refractivity contribution < 1.29 is 9.59 Å². The van der Waals surface area contributed by atoms with Crippen LogP contribution in [-0.4, -0.2) is 28.8 Å². The van der Waals surface area contributed by atoms with Crippen LogP contribution in [0.2, 0.25) is 0 Å². The molecule has 1 N–H and O–H groups in total. The molecule has 1 aliphatic rings. The lowest BCUT2D eigenvalue weighted by Crippen LogP contribution is -2.63. The Morgan fingerprint density at radius 3 is 2.45 bits per heavy atom. The second-order valence-corrected chi connectivity index (χ2v) is 6.45.